The summed E-state index contributed by atoms with van der Waals surface area (Å²) in [7, 11) is -3.77. The fourth-order valence-corrected chi connectivity index (χ4v) is 4.63. The lowest BCUT2D eigenvalue weighted by molar-refractivity contribution is -0.114. The number of benzene rings is 3. The second kappa shape index (κ2) is 7.83. The molecule has 6 nitrogen and oxygen atoms in total. The van der Waals surface area contributed by atoms with Crippen LogP contribution < -0.4 is 9.62 Å². The number of anilines is 2. The predicted octanol–water partition coefficient (Wildman–Crippen LogP) is 5.30. The Morgan fingerprint density at radius 2 is 1.73 bits per heavy atom. The lowest BCUT2D eigenvalue weighted by Gasteiger charge is -2.23. The number of sulfonamides is 1. The topological polar surface area (TPSA) is 79.6 Å². The summed E-state index contributed by atoms with van der Waals surface area (Å²) >= 11 is 12.0. The summed E-state index contributed by atoms with van der Waals surface area (Å²) in [5.74, 6) is -0.526. The summed E-state index contributed by atoms with van der Waals surface area (Å²) in [5, 5.41) is 5.10. The largest absolute Gasteiger partial charge is 0.456 e. The average molecular weight is 463 g/mol. The van der Waals surface area contributed by atoms with Gasteiger partial charge in [0.05, 0.1) is 17.0 Å². The van der Waals surface area contributed by atoms with Crippen LogP contribution in [0.5, 0.6) is 0 Å². The Bertz CT molecular complexity index is 1380. The number of carbonyl (C=O) groups is 1. The highest BCUT2D eigenvalue weighted by atomic mass is 35.5. The van der Waals surface area contributed by atoms with Crippen molar-refractivity contribution in [3.8, 4) is 0 Å². The van der Waals surface area contributed by atoms with Crippen LogP contribution in [0.3, 0.4) is 0 Å². The normalized spacial score (nSPS) is 11.7. The standard InChI is InChI=1S/C21H16Cl2N2O4S/c1-30(27,28)25(18-9-6-13(22)10-17(18)23)12-21(26)24-14-7-8-16-15-4-2-3-5-19(15)29-20(16)11-14/h2-11H,12H2,1H3,(H,24,26). The summed E-state index contributed by atoms with van der Waals surface area (Å²) in [5.41, 5.74) is 2.03. The van der Waals surface area contributed by atoms with Crippen LogP contribution in [0.4, 0.5) is 11.4 Å². The van der Waals surface area contributed by atoms with E-state index < -0.39 is 22.5 Å². The van der Waals surface area contributed by atoms with Crippen molar-refractivity contribution in [3.05, 3.63) is 70.7 Å². The Morgan fingerprint density at radius 1 is 1.00 bits per heavy atom. The number of nitrogens with one attached hydrogen (secondary N) is 1. The molecule has 154 valence electrons. The van der Waals surface area contributed by atoms with Crippen molar-refractivity contribution in [1.82, 2.24) is 0 Å². The van der Waals surface area contributed by atoms with Crippen molar-refractivity contribution < 1.29 is 17.6 Å². The van der Waals surface area contributed by atoms with Crippen molar-refractivity contribution in [3.63, 3.8) is 0 Å². The van der Waals surface area contributed by atoms with Gasteiger partial charge < -0.3 is 9.73 Å². The number of carbonyl (C=O) groups excluding carboxylic acids is 1. The van der Waals surface area contributed by atoms with Gasteiger partial charge in [-0.3, -0.25) is 9.10 Å². The van der Waals surface area contributed by atoms with Crippen LogP contribution in [0.25, 0.3) is 21.9 Å². The first-order valence-corrected chi connectivity index (χ1v) is 11.5. The summed E-state index contributed by atoms with van der Waals surface area (Å²) in [6.07, 6.45) is 1.01. The van der Waals surface area contributed by atoms with Crippen molar-refractivity contribution >= 4 is 72.4 Å². The molecule has 0 aliphatic carbocycles. The summed E-state index contributed by atoms with van der Waals surface area (Å²) < 4.78 is 31.3. The molecule has 9 heteroatoms. The SMILES string of the molecule is CS(=O)(=O)N(CC(=O)Nc1ccc2c(c1)oc1ccccc12)c1ccc(Cl)cc1Cl. The van der Waals surface area contributed by atoms with Crippen LogP contribution in [0.15, 0.2) is 65.1 Å². The van der Waals surface area contributed by atoms with Gasteiger partial charge >= 0.3 is 0 Å². The first kappa shape index (κ1) is 20.5. The second-order valence-electron chi connectivity index (χ2n) is 6.72. The molecule has 0 radical (unpaired) electrons. The van der Waals surface area contributed by atoms with E-state index in [1.807, 2.05) is 30.3 Å². The van der Waals surface area contributed by atoms with E-state index in [4.69, 9.17) is 27.6 Å². The number of hydrogen-bond donors (Lipinski definition) is 1. The van der Waals surface area contributed by atoms with E-state index in [1.165, 1.54) is 18.2 Å². The van der Waals surface area contributed by atoms with Gasteiger partial charge in [-0.25, -0.2) is 8.42 Å². The lowest BCUT2D eigenvalue weighted by atomic mass is 10.1. The van der Waals surface area contributed by atoms with Crippen LogP contribution >= 0.6 is 23.2 Å². The Hall–Kier alpha value is -2.74. The Balaban J connectivity index is 1.59. The van der Waals surface area contributed by atoms with Crippen LogP contribution in [0, 0.1) is 0 Å². The highest BCUT2D eigenvalue weighted by Crippen LogP contribution is 2.32. The van der Waals surface area contributed by atoms with Crippen molar-refractivity contribution in [2.45, 2.75) is 0 Å². The Kier molecular flexibility index (Phi) is 5.36. The molecule has 1 amide bonds. The number of nitrogens with zero attached hydrogens (tertiary/aromatic N) is 1. The third-order valence-electron chi connectivity index (χ3n) is 4.53. The number of furan rings is 1. The molecule has 1 aromatic heterocycles. The molecule has 0 aliphatic heterocycles. The van der Waals surface area contributed by atoms with Gasteiger partial charge in [0.15, 0.2) is 0 Å². The van der Waals surface area contributed by atoms with Gasteiger partial charge in [0.1, 0.15) is 17.7 Å². The number of halogens is 2. The zero-order chi connectivity index (χ0) is 21.5. The smallest absolute Gasteiger partial charge is 0.245 e. The molecule has 4 rings (SSSR count). The molecular formula is C21H16Cl2N2O4S. The monoisotopic (exact) mass is 462 g/mol. The summed E-state index contributed by atoms with van der Waals surface area (Å²) in [6.45, 7) is -0.446. The van der Waals surface area contributed by atoms with Gasteiger partial charge in [-0.05, 0) is 36.4 Å². The van der Waals surface area contributed by atoms with E-state index in [2.05, 4.69) is 5.32 Å². The summed E-state index contributed by atoms with van der Waals surface area (Å²) in [6, 6.07) is 17.3. The van der Waals surface area contributed by atoms with Crippen LogP contribution in [-0.2, 0) is 14.8 Å². The molecule has 0 bridgehead atoms. The Labute approximate surface area is 183 Å². The minimum Gasteiger partial charge on any atom is -0.456 e. The number of amides is 1. The average Bonchev–Trinajstić information content (AvgIpc) is 3.03. The molecule has 0 saturated carbocycles. The molecule has 0 aliphatic rings. The van der Waals surface area contributed by atoms with Crippen molar-refractivity contribution in [1.29, 1.82) is 0 Å². The van der Waals surface area contributed by atoms with Gasteiger partial charge in [-0.2, -0.15) is 0 Å². The van der Waals surface area contributed by atoms with E-state index in [9.17, 15) is 13.2 Å². The highest BCUT2D eigenvalue weighted by Gasteiger charge is 2.23. The van der Waals surface area contributed by atoms with Gasteiger partial charge in [0.2, 0.25) is 15.9 Å². The van der Waals surface area contributed by atoms with Crippen molar-refractivity contribution in [2.75, 3.05) is 22.4 Å². The zero-order valence-electron chi connectivity index (χ0n) is 15.7. The van der Waals surface area contributed by atoms with Gasteiger partial charge in [0, 0.05) is 27.5 Å². The molecule has 4 aromatic rings. The molecular weight excluding hydrogens is 447 g/mol. The number of hydrogen-bond acceptors (Lipinski definition) is 4. The maximum atomic E-state index is 12.6. The molecule has 0 unspecified atom stereocenters. The van der Waals surface area contributed by atoms with Gasteiger partial charge in [0.25, 0.3) is 0 Å². The van der Waals surface area contributed by atoms with Crippen LogP contribution in [0.2, 0.25) is 10.0 Å². The minimum atomic E-state index is -3.77. The number of rotatable bonds is 5. The van der Waals surface area contributed by atoms with Gasteiger partial charge in [-0.1, -0.05) is 41.4 Å². The van der Waals surface area contributed by atoms with Crippen LogP contribution in [0.1, 0.15) is 0 Å². The number of fused-ring (bicyclic) bond motifs is 3. The van der Waals surface area contributed by atoms with E-state index >= 15 is 0 Å². The summed E-state index contributed by atoms with van der Waals surface area (Å²) in [4.78, 5) is 12.6. The fraction of sp³-hybridized carbons (Fsp3) is 0.0952. The van der Waals surface area contributed by atoms with E-state index in [-0.39, 0.29) is 10.7 Å². The molecule has 0 atom stereocenters. The zero-order valence-corrected chi connectivity index (χ0v) is 18.1. The molecule has 1 N–H and O–H groups in total. The molecule has 0 saturated heterocycles. The van der Waals surface area contributed by atoms with E-state index in [0.29, 0.717) is 16.3 Å². The Morgan fingerprint density at radius 3 is 2.47 bits per heavy atom. The molecule has 1 heterocycles. The first-order chi connectivity index (χ1) is 14.2. The quantitative estimate of drug-likeness (QED) is 0.436. The maximum Gasteiger partial charge on any atom is 0.245 e. The van der Waals surface area contributed by atoms with Crippen LogP contribution in [-0.4, -0.2) is 27.1 Å². The third-order valence-corrected chi connectivity index (χ3v) is 6.19. The number of para-hydroxylation sites is 1. The molecule has 0 fully saturated rings. The van der Waals surface area contributed by atoms with E-state index in [1.54, 1.807) is 12.1 Å². The maximum absolute atomic E-state index is 12.6. The van der Waals surface area contributed by atoms with Crippen molar-refractivity contribution in [2.24, 2.45) is 0 Å². The fourth-order valence-electron chi connectivity index (χ4n) is 3.20. The lowest BCUT2D eigenvalue weighted by Crippen LogP contribution is -2.37. The van der Waals surface area contributed by atoms with E-state index in [0.717, 1.165) is 26.9 Å². The third kappa shape index (κ3) is 4.09. The molecule has 0 spiro atoms. The first-order valence-electron chi connectivity index (χ1n) is 8.86. The second-order valence-corrected chi connectivity index (χ2v) is 9.47. The van der Waals surface area contributed by atoms with Gasteiger partial charge in [-0.15, -0.1) is 0 Å². The molecule has 30 heavy (non-hydrogen) atoms. The minimum absolute atomic E-state index is 0.129. The molecule has 3 aromatic carbocycles. The highest BCUT2D eigenvalue weighted by molar-refractivity contribution is 7.92. The predicted molar refractivity (Wildman–Crippen MR) is 121 cm³/mol.